The van der Waals surface area contributed by atoms with Gasteiger partial charge in [-0.1, -0.05) is 19.1 Å². The molecular formula is C16H18N2O2. The van der Waals surface area contributed by atoms with Crippen LogP contribution in [0.4, 0.5) is 11.4 Å². The molecule has 2 aromatic carbocycles. The van der Waals surface area contributed by atoms with Gasteiger partial charge in [0.25, 0.3) is 5.91 Å². The minimum atomic E-state index is -0.121. The van der Waals surface area contributed by atoms with Crippen molar-refractivity contribution in [2.24, 2.45) is 0 Å². The van der Waals surface area contributed by atoms with Crippen LogP contribution in [0.15, 0.2) is 48.5 Å². The van der Waals surface area contributed by atoms with E-state index in [1.807, 2.05) is 25.1 Å². The van der Waals surface area contributed by atoms with Gasteiger partial charge in [-0.2, -0.15) is 0 Å². The second kappa shape index (κ2) is 6.10. The van der Waals surface area contributed by atoms with Gasteiger partial charge in [0.15, 0.2) is 0 Å². The third-order valence-corrected chi connectivity index (χ3v) is 3.03. The third-order valence-electron chi connectivity index (χ3n) is 3.03. The van der Waals surface area contributed by atoms with Crippen molar-refractivity contribution in [3.8, 4) is 5.75 Å². The Morgan fingerprint density at radius 3 is 2.40 bits per heavy atom. The lowest BCUT2D eigenvalue weighted by atomic mass is 10.1. The van der Waals surface area contributed by atoms with Crippen LogP contribution in [-0.4, -0.2) is 17.6 Å². The molecule has 0 aliphatic rings. The lowest BCUT2D eigenvalue weighted by molar-refractivity contribution is 0.0987. The van der Waals surface area contributed by atoms with Crippen LogP contribution in [0.3, 0.4) is 0 Å². The van der Waals surface area contributed by atoms with E-state index in [-0.39, 0.29) is 11.7 Å². The summed E-state index contributed by atoms with van der Waals surface area (Å²) in [5.41, 5.74) is 7.78. The van der Waals surface area contributed by atoms with Crippen LogP contribution in [0.2, 0.25) is 0 Å². The molecule has 4 nitrogen and oxygen atoms in total. The quantitative estimate of drug-likeness (QED) is 0.839. The summed E-state index contributed by atoms with van der Waals surface area (Å²) in [6, 6.07) is 13.5. The molecule has 0 fully saturated rings. The monoisotopic (exact) mass is 270 g/mol. The molecule has 0 heterocycles. The standard InChI is InChI=1S/C16H18N2O2/c1-2-11-18(15-6-4-3-5-14(15)17)16(20)12-7-9-13(19)10-8-12/h3-10,19H,2,11,17H2,1H3. The van der Waals surface area contributed by atoms with Crippen LogP contribution >= 0.6 is 0 Å². The first kappa shape index (κ1) is 13.9. The van der Waals surface area contributed by atoms with Gasteiger partial charge in [0.1, 0.15) is 5.75 Å². The minimum absolute atomic E-state index is 0.121. The van der Waals surface area contributed by atoms with E-state index in [0.717, 1.165) is 6.42 Å². The molecular weight excluding hydrogens is 252 g/mol. The van der Waals surface area contributed by atoms with Crippen molar-refractivity contribution < 1.29 is 9.90 Å². The van der Waals surface area contributed by atoms with Gasteiger partial charge < -0.3 is 15.7 Å². The average molecular weight is 270 g/mol. The molecule has 0 unspecified atom stereocenters. The third kappa shape index (κ3) is 2.91. The number of nitrogens with two attached hydrogens (primary N) is 1. The van der Waals surface area contributed by atoms with E-state index in [1.54, 1.807) is 23.1 Å². The second-order valence-electron chi connectivity index (χ2n) is 4.56. The van der Waals surface area contributed by atoms with Crippen molar-refractivity contribution in [3.63, 3.8) is 0 Å². The number of amides is 1. The average Bonchev–Trinajstić information content (AvgIpc) is 2.46. The van der Waals surface area contributed by atoms with Crippen molar-refractivity contribution >= 4 is 17.3 Å². The number of carbonyl (C=O) groups excluding carboxylic acids is 1. The largest absolute Gasteiger partial charge is 0.508 e. The first-order chi connectivity index (χ1) is 9.63. The number of hydrogen-bond donors (Lipinski definition) is 2. The molecule has 0 aliphatic heterocycles. The predicted octanol–water partition coefficient (Wildman–Crippen LogP) is 3.03. The van der Waals surface area contributed by atoms with E-state index in [9.17, 15) is 9.90 Å². The lowest BCUT2D eigenvalue weighted by Gasteiger charge is -2.23. The Kier molecular flexibility index (Phi) is 4.25. The summed E-state index contributed by atoms with van der Waals surface area (Å²) >= 11 is 0. The van der Waals surface area contributed by atoms with Crippen molar-refractivity contribution in [2.45, 2.75) is 13.3 Å². The number of phenolic OH excluding ortho intramolecular Hbond substituents is 1. The normalized spacial score (nSPS) is 10.2. The fourth-order valence-electron chi connectivity index (χ4n) is 2.05. The minimum Gasteiger partial charge on any atom is -0.508 e. The number of nitrogen functional groups attached to an aromatic ring is 1. The molecule has 2 aromatic rings. The fourth-order valence-corrected chi connectivity index (χ4v) is 2.05. The summed E-state index contributed by atoms with van der Waals surface area (Å²) in [4.78, 5) is 14.3. The van der Waals surface area contributed by atoms with Gasteiger partial charge >= 0.3 is 0 Å². The molecule has 0 aliphatic carbocycles. The Labute approximate surface area is 118 Å². The van der Waals surface area contributed by atoms with Crippen LogP contribution in [0.1, 0.15) is 23.7 Å². The molecule has 0 bridgehead atoms. The highest BCUT2D eigenvalue weighted by Crippen LogP contribution is 2.25. The van der Waals surface area contributed by atoms with E-state index in [4.69, 9.17) is 5.73 Å². The summed E-state index contributed by atoms with van der Waals surface area (Å²) in [7, 11) is 0. The summed E-state index contributed by atoms with van der Waals surface area (Å²) in [5.74, 6) is 0.0209. The number of benzene rings is 2. The second-order valence-corrected chi connectivity index (χ2v) is 4.56. The Balaban J connectivity index is 2.36. The van der Waals surface area contributed by atoms with Crippen molar-refractivity contribution in [1.29, 1.82) is 0 Å². The molecule has 3 N–H and O–H groups in total. The molecule has 0 aromatic heterocycles. The van der Waals surface area contributed by atoms with Crippen molar-refractivity contribution in [1.82, 2.24) is 0 Å². The first-order valence-corrected chi connectivity index (χ1v) is 6.59. The van der Waals surface area contributed by atoms with Gasteiger partial charge in [-0.15, -0.1) is 0 Å². The molecule has 0 spiro atoms. The van der Waals surface area contributed by atoms with Gasteiger partial charge in [-0.3, -0.25) is 4.79 Å². The number of para-hydroxylation sites is 2. The highest BCUT2D eigenvalue weighted by atomic mass is 16.3. The molecule has 0 radical (unpaired) electrons. The van der Waals surface area contributed by atoms with Gasteiger partial charge in [0, 0.05) is 12.1 Å². The molecule has 0 saturated heterocycles. The summed E-state index contributed by atoms with van der Waals surface area (Å²) in [6.45, 7) is 2.60. The Morgan fingerprint density at radius 1 is 1.15 bits per heavy atom. The van der Waals surface area contributed by atoms with Crippen LogP contribution < -0.4 is 10.6 Å². The van der Waals surface area contributed by atoms with E-state index in [1.165, 1.54) is 12.1 Å². The molecule has 1 amide bonds. The van der Waals surface area contributed by atoms with E-state index < -0.39 is 0 Å². The van der Waals surface area contributed by atoms with E-state index in [2.05, 4.69) is 0 Å². The predicted molar refractivity (Wildman–Crippen MR) is 80.9 cm³/mol. The molecule has 20 heavy (non-hydrogen) atoms. The zero-order chi connectivity index (χ0) is 14.5. The smallest absolute Gasteiger partial charge is 0.258 e. The lowest BCUT2D eigenvalue weighted by Crippen LogP contribution is -2.32. The number of anilines is 2. The van der Waals surface area contributed by atoms with Gasteiger partial charge in [-0.05, 0) is 42.8 Å². The van der Waals surface area contributed by atoms with E-state index >= 15 is 0 Å². The molecule has 0 atom stereocenters. The summed E-state index contributed by atoms with van der Waals surface area (Å²) in [5, 5.41) is 9.30. The maximum Gasteiger partial charge on any atom is 0.258 e. The zero-order valence-corrected chi connectivity index (χ0v) is 11.4. The van der Waals surface area contributed by atoms with E-state index in [0.29, 0.717) is 23.5 Å². The van der Waals surface area contributed by atoms with Crippen LogP contribution in [0.5, 0.6) is 5.75 Å². The Hall–Kier alpha value is -2.49. The van der Waals surface area contributed by atoms with Crippen molar-refractivity contribution in [3.05, 3.63) is 54.1 Å². The first-order valence-electron chi connectivity index (χ1n) is 6.59. The molecule has 0 saturated carbocycles. The number of carbonyl (C=O) groups is 1. The maximum atomic E-state index is 12.6. The Morgan fingerprint density at radius 2 is 1.80 bits per heavy atom. The van der Waals surface area contributed by atoms with Gasteiger partial charge in [0.2, 0.25) is 0 Å². The number of nitrogens with zero attached hydrogens (tertiary/aromatic N) is 1. The SMILES string of the molecule is CCCN(C(=O)c1ccc(O)cc1)c1ccccc1N. The highest BCUT2D eigenvalue weighted by molar-refractivity contribution is 6.07. The van der Waals surface area contributed by atoms with Crippen molar-refractivity contribution in [2.75, 3.05) is 17.2 Å². The maximum absolute atomic E-state index is 12.6. The Bertz CT molecular complexity index is 594. The number of aromatic hydroxyl groups is 1. The number of rotatable bonds is 4. The zero-order valence-electron chi connectivity index (χ0n) is 11.4. The number of hydrogen-bond acceptors (Lipinski definition) is 3. The van der Waals surface area contributed by atoms with Gasteiger partial charge in [-0.25, -0.2) is 0 Å². The van der Waals surface area contributed by atoms with Crippen LogP contribution in [-0.2, 0) is 0 Å². The summed E-state index contributed by atoms with van der Waals surface area (Å²) in [6.07, 6.45) is 0.832. The molecule has 4 heteroatoms. The topological polar surface area (TPSA) is 66.6 Å². The molecule has 2 rings (SSSR count). The fraction of sp³-hybridized carbons (Fsp3) is 0.188. The van der Waals surface area contributed by atoms with Gasteiger partial charge in [0.05, 0.1) is 11.4 Å². The van der Waals surface area contributed by atoms with Crippen LogP contribution in [0, 0.1) is 0 Å². The summed E-state index contributed by atoms with van der Waals surface area (Å²) < 4.78 is 0. The van der Waals surface area contributed by atoms with Crippen LogP contribution in [0.25, 0.3) is 0 Å². The number of phenols is 1. The molecule has 104 valence electrons. The highest BCUT2D eigenvalue weighted by Gasteiger charge is 2.18.